The van der Waals surface area contributed by atoms with Gasteiger partial charge in [-0.25, -0.2) is 8.42 Å². The molecule has 11 heteroatoms. The van der Waals surface area contributed by atoms with Crippen LogP contribution in [0.4, 0.5) is 5.69 Å². The lowest BCUT2D eigenvalue weighted by Gasteiger charge is -2.34. The van der Waals surface area contributed by atoms with Crippen LogP contribution in [0.3, 0.4) is 0 Å². The molecular formula is C19H19Cl3N2O5S. The number of benzene rings is 2. The lowest BCUT2D eigenvalue weighted by Crippen LogP contribution is -2.42. The van der Waals surface area contributed by atoms with E-state index in [4.69, 9.17) is 39.5 Å². The van der Waals surface area contributed by atoms with E-state index in [1.807, 2.05) is 13.8 Å². The molecule has 0 N–H and O–H groups in total. The van der Waals surface area contributed by atoms with Gasteiger partial charge in [0.05, 0.1) is 24.9 Å². The van der Waals surface area contributed by atoms with E-state index in [2.05, 4.69) is 0 Å². The summed E-state index contributed by atoms with van der Waals surface area (Å²) in [6.45, 7) is 4.89. The molecule has 1 heterocycles. The Kier molecular flexibility index (Phi) is 6.84. The summed E-state index contributed by atoms with van der Waals surface area (Å²) in [5, 5.41) is 10.8. The van der Waals surface area contributed by atoms with E-state index < -0.39 is 14.9 Å². The van der Waals surface area contributed by atoms with Crippen molar-refractivity contribution in [3.05, 3.63) is 55.5 Å². The Balaban J connectivity index is 1.91. The van der Waals surface area contributed by atoms with Crippen molar-refractivity contribution < 1.29 is 18.1 Å². The number of piperidine rings is 1. The average Bonchev–Trinajstić information content (AvgIpc) is 2.64. The Bertz CT molecular complexity index is 1060. The van der Waals surface area contributed by atoms with Crippen LogP contribution in [0.25, 0.3) is 0 Å². The highest BCUT2D eigenvalue weighted by molar-refractivity contribution is 7.89. The Hall–Kier alpha value is -1.58. The van der Waals surface area contributed by atoms with Gasteiger partial charge in [-0.2, -0.15) is 4.31 Å². The zero-order valence-corrected chi connectivity index (χ0v) is 19.2. The third-order valence-corrected chi connectivity index (χ3v) is 7.45. The van der Waals surface area contributed by atoms with Gasteiger partial charge in [0, 0.05) is 25.2 Å². The first-order valence-corrected chi connectivity index (χ1v) is 11.7. The molecule has 162 valence electrons. The molecule has 2 atom stereocenters. The fourth-order valence-electron chi connectivity index (χ4n) is 3.53. The topological polar surface area (TPSA) is 89.8 Å². The van der Waals surface area contributed by atoms with Gasteiger partial charge in [-0.05, 0) is 36.5 Å². The second-order valence-corrected chi connectivity index (χ2v) is 10.6. The van der Waals surface area contributed by atoms with Crippen molar-refractivity contribution in [3.8, 4) is 11.5 Å². The maximum atomic E-state index is 13.1. The molecule has 1 saturated heterocycles. The average molecular weight is 494 g/mol. The minimum atomic E-state index is -3.78. The van der Waals surface area contributed by atoms with Gasteiger partial charge in [-0.3, -0.25) is 10.1 Å². The van der Waals surface area contributed by atoms with E-state index in [0.717, 1.165) is 12.5 Å². The Labute approximate surface area is 189 Å². The summed E-state index contributed by atoms with van der Waals surface area (Å²) in [5.41, 5.74) is -0.198. The molecule has 0 saturated carbocycles. The zero-order chi connectivity index (χ0) is 22.2. The van der Waals surface area contributed by atoms with Crippen LogP contribution in [0.2, 0.25) is 15.1 Å². The molecule has 0 unspecified atom stereocenters. The molecule has 2 aromatic carbocycles. The standard InChI is InChI=1S/C19H19Cl3N2O5S/c1-11-5-12(2)10-23(9-11)30(27,28)14-7-16(21)19(17(22)8-14)29-18-4-3-13(24(25)26)6-15(18)20/h3-4,6-8,11-12H,5,9-10H2,1-2H3/t11-,12-/m0/s1. The molecule has 7 nitrogen and oxygen atoms in total. The first-order chi connectivity index (χ1) is 14.0. The number of nitro benzene ring substituents is 1. The van der Waals surface area contributed by atoms with Crippen LogP contribution in [0.1, 0.15) is 20.3 Å². The Morgan fingerprint density at radius 2 is 1.60 bits per heavy atom. The van der Waals surface area contributed by atoms with Crippen LogP contribution in [-0.2, 0) is 10.0 Å². The Morgan fingerprint density at radius 3 is 2.10 bits per heavy atom. The number of non-ortho nitro benzene ring substituents is 1. The summed E-state index contributed by atoms with van der Waals surface area (Å²) in [7, 11) is -3.78. The molecule has 0 bridgehead atoms. The molecule has 2 aromatic rings. The summed E-state index contributed by atoms with van der Waals surface area (Å²) < 4.78 is 33.3. The van der Waals surface area contributed by atoms with Crippen molar-refractivity contribution in [1.82, 2.24) is 4.31 Å². The highest BCUT2D eigenvalue weighted by Crippen LogP contribution is 2.41. The van der Waals surface area contributed by atoms with Gasteiger partial charge in [0.25, 0.3) is 5.69 Å². The van der Waals surface area contributed by atoms with Crippen molar-refractivity contribution in [2.75, 3.05) is 13.1 Å². The molecule has 1 aliphatic heterocycles. The van der Waals surface area contributed by atoms with Gasteiger partial charge >= 0.3 is 0 Å². The molecule has 0 spiro atoms. The highest BCUT2D eigenvalue weighted by Gasteiger charge is 2.32. The Morgan fingerprint density at radius 1 is 1.03 bits per heavy atom. The van der Waals surface area contributed by atoms with Gasteiger partial charge in [0.2, 0.25) is 10.0 Å². The summed E-state index contributed by atoms with van der Waals surface area (Å²) >= 11 is 18.6. The minimum absolute atomic E-state index is 0.00779. The number of sulfonamides is 1. The second-order valence-electron chi connectivity index (χ2n) is 7.46. The van der Waals surface area contributed by atoms with Crippen LogP contribution in [0, 0.1) is 22.0 Å². The van der Waals surface area contributed by atoms with Gasteiger partial charge in [0.15, 0.2) is 5.75 Å². The molecule has 0 radical (unpaired) electrons. The molecule has 0 amide bonds. The first kappa shape index (κ1) is 23.1. The van der Waals surface area contributed by atoms with E-state index in [9.17, 15) is 18.5 Å². The lowest BCUT2D eigenvalue weighted by molar-refractivity contribution is -0.384. The summed E-state index contributed by atoms with van der Waals surface area (Å²) in [5.74, 6) is 0.608. The normalized spacial score (nSPS) is 20.2. The number of ether oxygens (including phenoxy) is 1. The fourth-order valence-corrected chi connectivity index (χ4v) is 6.17. The van der Waals surface area contributed by atoms with Crippen LogP contribution < -0.4 is 4.74 Å². The van der Waals surface area contributed by atoms with Crippen LogP contribution in [0.15, 0.2) is 35.2 Å². The van der Waals surface area contributed by atoms with Crippen molar-refractivity contribution in [2.24, 2.45) is 11.8 Å². The number of hydrogen-bond acceptors (Lipinski definition) is 5. The van der Waals surface area contributed by atoms with E-state index in [0.29, 0.717) is 13.1 Å². The van der Waals surface area contributed by atoms with Gasteiger partial charge in [-0.1, -0.05) is 48.7 Å². The molecule has 1 fully saturated rings. The van der Waals surface area contributed by atoms with E-state index in [1.54, 1.807) is 0 Å². The van der Waals surface area contributed by atoms with E-state index in [1.165, 1.54) is 28.6 Å². The molecular weight excluding hydrogens is 475 g/mol. The van der Waals surface area contributed by atoms with Crippen molar-refractivity contribution in [2.45, 2.75) is 25.2 Å². The molecule has 0 aliphatic carbocycles. The third kappa shape index (κ3) is 4.84. The fraction of sp³-hybridized carbons (Fsp3) is 0.368. The van der Waals surface area contributed by atoms with Crippen molar-refractivity contribution in [1.29, 1.82) is 0 Å². The highest BCUT2D eigenvalue weighted by atomic mass is 35.5. The summed E-state index contributed by atoms with van der Waals surface area (Å²) in [4.78, 5) is 10.2. The smallest absolute Gasteiger partial charge is 0.271 e. The van der Waals surface area contributed by atoms with Gasteiger partial charge in [-0.15, -0.1) is 0 Å². The summed E-state index contributed by atoms with van der Waals surface area (Å²) in [6, 6.07) is 6.23. The van der Waals surface area contributed by atoms with E-state index in [-0.39, 0.29) is 49.0 Å². The second kappa shape index (κ2) is 8.88. The van der Waals surface area contributed by atoms with Gasteiger partial charge in [0.1, 0.15) is 5.75 Å². The van der Waals surface area contributed by atoms with Crippen molar-refractivity contribution >= 4 is 50.5 Å². The van der Waals surface area contributed by atoms with E-state index >= 15 is 0 Å². The number of nitro groups is 1. The predicted octanol–water partition coefficient (Wildman–Crippen LogP) is 6.01. The quantitative estimate of drug-likeness (QED) is 0.375. The molecule has 0 aromatic heterocycles. The maximum absolute atomic E-state index is 13.1. The third-order valence-electron chi connectivity index (χ3n) is 4.78. The largest absolute Gasteiger partial charge is 0.453 e. The van der Waals surface area contributed by atoms with Gasteiger partial charge < -0.3 is 4.74 Å². The SMILES string of the molecule is C[C@H]1C[C@H](C)CN(S(=O)(=O)c2cc(Cl)c(Oc3ccc([N+](=O)[O-])cc3Cl)c(Cl)c2)C1. The van der Waals surface area contributed by atoms with Crippen LogP contribution in [-0.4, -0.2) is 30.7 Å². The monoisotopic (exact) mass is 492 g/mol. The summed E-state index contributed by atoms with van der Waals surface area (Å²) in [6.07, 6.45) is 0.969. The number of rotatable bonds is 5. The zero-order valence-electron chi connectivity index (χ0n) is 16.1. The first-order valence-electron chi connectivity index (χ1n) is 9.10. The molecule has 3 rings (SSSR count). The molecule has 30 heavy (non-hydrogen) atoms. The minimum Gasteiger partial charge on any atom is -0.453 e. The lowest BCUT2D eigenvalue weighted by atomic mass is 9.94. The number of halogens is 3. The molecule has 1 aliphatic rings. The van der Waals surface area contributed by atoms with Crippen LogP contribution >= 0.6 is 34.8 Å². The number of hydrogen-bond donors (Lipinski definition) is 0. The number of nitrogens with zero attached hydrogens (tertiary/aromatic N) is 2. The maximum Gasteiger partial charge on any atom is 0.271 e. The van der Waals surface area contributed by atoms with Crippen molar-refractivity contribution in [3.63, 3.8) is 0 Å². The van der Waals surface area contributed by atoms with Crippen LogP contribution in [0.5, 0.6) is 11.5 Å². The predicted molar refractivity (Wildman–Crippen MR) is 116 cm³/mol.